The monoisotopic (exact) mass is 424 g/mol. The Hall–Kier alpha value is -3.16. The Morgan fingerprint density at radius 2 is 1.68 bits per heavy atom. The average molecular weight is 424 g/mol. The third-order valence-corrected chi connectivity index (χ3v) is 5.35. The van der Waals surface area contributed by atoms with E-state index in [2.05, 4.69) is 9.88 Å². The molecule has 0 unspecified atom stereocenters. The molecule has 0 bridgehead atoms. The van der Waals surface area contributed by atoms with E-state index in [1.54, 1.807) is 30.3 Å². The van der Waals surface area contributed by atoms with Gasteiger partial charge in [0, 0.05) is 25.8 Å². The third-order valence-electron chi connectivity index (χ3n) is 5.35. The van der Waals surface area contributed by atoms with Gasteiger partial charge in [-0.1, -0.05) is 24.3 Å². The minimum Gasteiger partial charge on any atom is -0.478 e. The standard InChI is InChI=1S/C24H22F2N2O3/c25-19-5-1-16(2-6-19)23(17-3-7-20(26)8-4-17)31-22-10-12-28(15-22)14-21-13-18(24(29)30)9-11-27-21/h1-9,11,13,22-23H,10,12,14-15H2,(H,29,30)/t22-/m0/s1. The number of likely N-dealkylation sites (tertiary alicyclic amines) is 1. The maximum Gasteiger partial charge on any atom is 0.335 e. The first kappa shape index (κ1) is 21.1. The van der Waals surface area contributed by atoms with Crippen LogP contribution in [0.3, 0.4) is 0 Å². The van der Waals surface area contributed by atoms with Crippen molar-refractivity contribution in [2.75, 3.05) is 13.1 Å². The lowest BCUT2D eigenvalue weighted by Crippen LogP contribution is -2.25. The van der Waals surface area contributed by atoms with E-state index in [0.717, 1.165) is 24.1 Å². The Labute approximate surface area is 178 Å². The zero-order valence-corrected chi connectivity index (χ0v) is 16.7. The summed E-state index contributed by atoms with van der Waals surface area (Å²) in [7, 11) is 0. The summed E-state index contributed by atoms with van der Waals surface area (Å²) < 4.78 is 33.2. The van der Waals surface area contributed by atoms with Crippen molar-refractivity contribution in [1.29, 1.82) is 0 Å². The lowest BCUT2D eigenvalue weighted by atomic mass is 10.0. The van der Waals surface area contributed by atoms with E-state index in [1.165, 1.54) is 36.5 Å². The molecule has 1 atom stereocenters. The predicted molar refractivity (Wildman–Crippen MR) is 111 cm³/mol. The van der Waals surface area contributed by atoms with Crippen LogP contribution >= 0.6 is 0 Å². The highest BCUT2D eigenvalue weighted by Gasteiger charge is 2.28. The van der Waals surface area contributed by atoms with Crippen molar-refractivity contribution in [2.45, 2.75) is 25.2 Å². The summed E-state index contributed by atoms with van der Waals surface area (Å²) in [5, 5.41) is 9.15. The molecule has 1 aromatic heterocycles. The first-order valence-electron chi connectivity index (χ1n) is 10.0. The van der Waals surface area contributed by atoms with Crippen molar-refractivity contribution in [2.24, 2.45) is 0 Å². The molecule has 0 radical (unpaired) electrons. The van der Waals surface area contributed by atoms with E-state index < -0.39 is 12.1 Å². The largest absolute Gasteiger partial charge is 0.478 e. The fraction of sp³-hybridized carbons (Fsp3) is 0.250. The number of aromatic carboxylic acids is 1. The van der Waals surface area contributed by atoms with E-state index in [-0.39, 0.29) is 23.3 Å². The molecule has 160 valence electrons. The summed E-state index contributed by atoms with van der Waals surface area (Å²) in [5.74, 6) is -1.64. The SMILES string of the molecule is O=C(O)c1ccnc(CN2CC[C@H](OC(c3ccc(F)cc3)c3ccc(F)cc3)C2)c1. The molecule has 0 spiro atoms. The lowest BCUT2D eigenvalue weighted by molar-refractivity contribution is 0.0138. The molecule has 0 amide bonds. The summed E-state index contributed by atoms with van der Waals surface area (Å²) >= 11 is 0. The Balaban J connectivity index is 1.46. The van der Waals surface area contributed by atoms with Crippen molar-refractivity contribution in [1.82, 2.24) is 9.88 Å². The van der Waals surface area contributed by atoms with Gasteiger partial charge < -0.3 is 9.84 Å². The van der Waals surface area contributed by atoms with E-state index in [1.807, 2.05) is 0 Å². The normalized spacial score (nSPS) is 16.7. The Kier molecular flexibility index (Phi) is 6.34. The highest BCUT2D eigenvalue weighted by molar-refractivity contribution is 5.87. The van der Waals surface area contributed by atoms with Crippen LogP contribution in [-0.4, -0.2) is 40.2 Å². The van der Waals surface area contributed by atoms with Gasteiger partial charge in [0.15, 0.2) is 0 Å². The molecule has 1 saturated heterocycles. The molecule has 0 saturated carbocycles. The minimum absolute atomic E-state index is 0.0808. The first-order valence-corrected chi connectivity index (χ1v) is 10.0. The van der Waals surface area contributed by atoms with E-state index in [4.69, 9.17) is 9.84 Å². The number of halogens is 2. The van der Waals surface area contributed by atoms with Crippen LogP contribution in [0.4, 0.5) is 8.78 Å². The summed E-state index contributed by atoms with van der Waals surface area (Å²) in [6, 6.07) is 15.3. The van der Waals surface area contributed by atoms with E-state index in [0.29, 0.717) is 18.8 Å². The van der Waals surface area contributed by atoms with Gasteiger partial charge in [-0.25, -0.2) is 13.6 Å². The number of ether oxygens (including phenoxy) is 1. The summed E-state index contributed by atoms with van der Waals surface area (Å²) in [6.45, 7) is 1.96. The molecule has 1 fully saturated rings. The van der Waals surface area contributed by atoms with Gasteiger partial charge in [0.2, 0.25) is 0 Å². The van der Waals surface area contributed by atoms with Crippen molar-refractivity contribution in [3.8, 4) is 0 Å². The highest BCUT2D eigenvalue weighted by Crippen LogP contribution is 2.30. The topological polar surface area (TPSA) is 62.7 Å². The van der Waals surface area contributed by atoms with Crippen LogP contribution in [0.2, 0.25) is 0 Å². The molecule has 5 nitrogen and oxygen atoms in total. The van der Waals surface area contributed by atoms with E-state index in [9.17, 15) is 13.6 Å². The fourth-order valence-corrected chi connectivity index (χ4v) is 3.80. The van der Waals surface area contributed by atoms with Gasteiger partial charge in [0.25, 0.3) is 0 Å². The number of carbonyl (C=O) groups is 1. The molecule has 1 N–H and O–H groups in total. The summed E-state index contributed by atoms with van der Waals surface area (Å²) in [6.07, 6.45) is 1.77. The summed E-state index contributed by atoms with van der Waals surface area (Å²) in [4.78, 5) is 17.6. The molecule has 2 heterocycles. The lowest BCUT2D eigenvalue weighted by Gasteiger charge is -2.24. The van der Waals surface area contributed by atoms with E-state index >= 15 is 0 Å². The zero-order valence-electron chi connectivity index (χ0n) is 16.7. The van der Waals surface area contributed by atoms with Crippen molar-refractivity contribution in [3.63, 3.8) is 0 Å². The number of hydrogen-bond donors (Lipinski definition) is 1. The first-order chi connectivity index (χ1) is 15.0. The molecule has 7 heteroatoms. The average Bonchev–Trinajstić information content (AvgIpc) is 3.20. The van der Waals surface area contributed by atoms with Crippen LogP contribution in [0, 0.1) is 11.6 Å². The molecule has 0 aliphatic carbocycles. The second-order valence-electron chi connectivity index (χ2n) is 7.61. The highest BCUT2D eigenvalue weighted by atomic mass is 19.1. The van der Waals surface area contributed by atoms with Crippen LogP contribution < -0.4 is 0 Å². The van der Waals surface area contributed by atoms with Crippen molar-refractivity contribution in [3.05, 3.63) is 101 Å². The molecule has 4 rings (SSSR count). The minimum atomic E-state index is -0.979. The Bertz CT molecular complexity index is 996. The smallest absolute Gasteiger partial charge is 0.335 e. The molecular formula is C24H22F2N2O3. The second kappa shape index (κ2) is 9.32. The van der Waals surface area contributed by atoms with Crippen molar-refractivity contribution < 1.29 is 23.4 Å². The third kappa shape index (κ3) is 5.31. The number of benzene rings is 2. The number of carboxylic acids is 1. The molecule has 2 aromatic carbocycles. The maximum absolute atomic E-state index is 13.4. The Morgan fingerprint density at radius 3 is 2.26 bits per heavy atom. The Morgan fingerprint density at radius 1 is 1.06 bits per heavy atom. The number of aromatic nitrogens is 1. The predicted octanol–water partition coefficient (Wildman–Crippen LogP) is 4.44. The van der Waals surface area contributed by atoms with Crippen LogP contribution in [0.15, 0.2) is 66.9 Å². The van der Waals surface area contributed by atoms with Gasteiger partial charge >= 0.3 is 5.97 Å². The van der Waals surface area contributed by atoms with Crippen LogP contribution in [0.5, 0.6) is 0 Å². The van der Waals surface area contributed by atoms with Crippen LogP contribution in [-0.2, 0) is 11.3 Å². The zero-order chi connectivity index (χ0) is 21.8. The molecule has 3 aromatic rings. The van der Waals surface area contributed by atoms with Gasteiger partial charge in [-0.2, -0.15) is 0 Å². The van der Waals surface area contributed by atoms with Crippen LogP contribution in [0.1, 0.15) is 39.7 Å². The molecule has 31 heavy (non-hydrogen) atoms. The number of hydrogen-bond acceptors (Lipinski definition) is 4. The fourth-order valence-electron chi connectivity index (χ4n) is 3.80. The van der Waals surface area contributed by atoms with Gasteiger partial charge in [-0.3, -0.25) is 9.88 Å². The summed E-state index contributed by atoms with van der Waals surface area (Å²) in [5.41, 5.74) is 2.49. The number of carboxylic acid groups (broad SMARTS) is 1. The quantitative estimate of drug-likeness (QED) is 0.608. The number of nitrogens with zero attached hydrogens (tertiary/aromatic N) is 2. The number of rotatable bonds is 7. The van der Waals surface area contributed by atoms with Gasteiger partial charge in [-0.15, -0.1) is 0 Å². The van der Waals surface area contributed by atoms with Gasteiger partial charge in [0.1, 0.15) is 17.7 Å². The molecule has 1 aliphatic heterocycles. The maximum atomic E-state index is 13.4. The van der Waals surface area contributed by atoms with Crippen LogP contribution in [0.25, 0.3) is 0 Å². The molecule has 1 aliphatic rings. The van der Waals surface area contributed by atoms with Gasteiger partial charge in [-0.05, 0) is 53.9 Å². The second-order valence-corrected chi connectivity index (χ2v) is 7.61. The molecular weight excluding hydrogens is 402 g/mol. The number of pyridine rings is 1. The van der Waals surface area contributed by atoms with Gasteiger partial charge in [0.05, 0.1) is 17.4 Å². The van der Waals surface area contributed by atoms with Crippen molar-refractivity contribution >= 4 is 5.97 Å².